The van der Waals surface area contributed by atoms with E-state index in [1.807, 2.05) is 11.9 Å². The number of benzene rings is 1. The van der Waals surface area contributed by atoms with Gasteiger partial charge in [-0.15, -0.1) is 0 Å². The first kappa shape index (κ1) is 17.6. The van der Waals surface area contributed by atoms with Crippen LogP contribution >= 0.6 is 0 Å². The van der Waals surface area contributed by atoms with Crippen LogP contribution in [0.5, 0.6) is 0 Å². The van der Waals surface area contributed by atoms with Crippen molar-refractivity contribution in [3.8, 4) is 0 Å². The first-order valence-corrected chi connectivity index (χ1v) is 6.93. The van der Waals surface area contributed by atoms with Gasteiger partial charge in [0.1, 0.15) is 0 Å². The van der Waals surface area contributed by atoms with Crippen molar-refractivity contribution < 1.29 is 4.79 Å². The molecule has 0 radical (unpaired) electrons. The van der Waals surface area contributed by atoms with E-state index < -0.39 is 0 Å². The molecule has 0 aliphatic carbocycles. The monoisotopic (exact) mass is 301 g/mol. The third-order valence-corrected chi connectivity index (χ3v) is 3.12. The van der Waals surface area contributed by atoms with Gasteiger partial charge < -0.3 is 27.1 Å². The van der Waals surface area contributed by atoms with Gasteiger partial charge in [0.15, 0.2) is 0 Å². The Morgan fingerprint density at radius 2 is 2.05 bits per heavy atom. The number of nitrogens with two attached hydrogens (primary N) is 2. The van der Waals surface area contributed by atoms with Crippen molar-refractivity contribution >= 4 is 23.5 Å². The van der Waals surface area contributed by atoms with E-state index in [0.29, 0.717) is 24.5 Å². The van der Waals surface area contributed by atoms with E-state index in [-0.39, 0.29) is 5.91 Å². The third-order valence-electron chi connectivity index (χ3n) is 3.12. The van der Waals surface area contributed by atoms with E-state index in [9.17, 15) is 4.79 Å². The summed E-state index contributed by atoms with van der Waals surface area (Å²) >= 11 is 0. The van der Waals surface area contributed by atoms with E-state index in [1.165, 1.54) is 12.3 Å². The molecule has 6 nitrogen and oxygen atoms in total. The van der Waals surface area contributed by atoms with E-state index >= 15 is 0 Å². The summed E-state index contributed by atoms with van der Waals surface area (Å²) in [5.74, 6) is -0.264. The summed E-state index contributed by atoms with van der Waals surface area (Å²) in [6.07, 6.45) is 2.47. The van der Waals surface area contributed by atoms with Crippen LogP contribution in [0.4, 0.5) is 5.69 Å². The Morgan fingerprint density at radius 1 is 1.41 bits per heavy atom. The predicted octanol–water partition coefficient (Wildman–Crippen LogP) is 1.02. The molecule has 0 fully saturated rings. The standard InChI is InChI=1S/C16H23N5O/c1-3-15(22)20-14-6-4-12(5-7-14)16(19)13(10-18)11-21(2)9-8-17/h3-7,10,18H,1,8-9,11,17,19H2,2H3,(H,20,22). The summed E-state index contributed by atoms with van der Waals surface area (Å²) in [5, 5.41) is 10.2. The summed E-state index contributed by atoms with van der Waals surface area (Å²) in [4.78, 5) is 13.2. The predicted molar refractivity (Wildman–Crippen MR) is 91.7 cm³/mol. The molecular formula is C16H23N5O. The minimum atomic E-state index is -0.264. The van der Waals surface area contributed by atoms with Crippen molar-refractivity contribution in [2.75, 3.05) is 32.0 Å². The van der Waals surface area contributed by atoms with Crippen LogP contribution in [0.3, 0.4) is 0 Å². The Bertz CT molecular complexity index is 562. The highest BCUT2D eigenvalue weighted by Gasteiger charge is 2.07. The number of rotatable bonds is 8. The second-order valence-corrected chi connectivity index (χ2v) is 4.88. The molecule has 0 atom stereocenters. The van der Waals surface area contributed by atoms with Crippen LogP contribution < -0.4 is 16.8 Å². The molecule has 0 heterocycles. The average Bonchev–Trinajstić information content (AvgIpc) is 2.52. The van der Waals surface area contributed by atoms with E-state index in [4.69, 9.17) is 16.9 Å². The molecule has 6 N–H and O–H groups in total. The van der Waals surface area contributed by atoms with Crippen molar-refractivity contribution in [1.29, 1.82) is 5.41 Å². The quantitative estimate of drug-likeness (QED) is 0.424. The van der Waals surface area contributed by atoms with Crippen LogP contribution in [0.25, 0.3) is 5.70 Å². The molecule has 1 aromatic rings. The molecule has 0 aliphatic rings. The van der Waals surface area contributed by atoms with Crippen LogP contribution in [-0.4, -0.2) is 43.7 Å². The minimum Gasteiger partial charge on any atom is -0.398 e. The van der Waals surface area contributed by atoms with Crippen LogP contribution in [0.2, 0.25) is 0 Å². The second kappa shape index (κ2) is 8.76. The smallest absolute Gasteiger partial charge is 0.247 e. The van der Waals surface area contributed by atoms with Crippen LogP contribution in [0.15, 0.2) is 42.5 Å². The minimum absolute atomic E-state index is 0.264. The number of carbonyl (C=O) groups is 1. The molecule has 1 aromatic carbocycles. The summed E-state index contributed by atoms with van der Waals surface area (Å²) in [5.41, 5.74) is 14.4. The third kappa shape index (κ3) is 5.16. The van der Waals surface area contributed by atoms with Crippen molar-refractivity contribution in [2.45, 2.75) is 0 Å². The lowest BCUT2D eigenvalue weighted by Crippen LogP contribution is -2.28. The Hall–Kier alpha value is -2.44. The lowest BCUT2D eigenvalue weighted by Gasteiger charge is -2.17. The lowest BCUT2D eigenvalue weighted by molar-refractivity contribution is -0.111. The van der Waals surface area contributed by atoms with E-state index in [2.05, 4.69) is 11.9 Å². The van der Waals surface area contributed by atoms with Crippen molar-refractivity contribution in [1.82, 2.24) is 4.90 Å². The zero-order chi connectivity index (χ0) is 16.5. The number of anilines is 1. The number of nitrogens with one attached hydrogen (secondary N) is 2. The average molecular weight is 301 g/mol. The molecule has 1 amide bonds. The number of likely N-dealkylation sites (N-methyl/N-ethyl adjacent to an activating group) is 1. The highest BCUT2D eigenvalue weighted by Crippen LogP contribution is 2.17. The normalized spacial score (nSPS) is 11.8. The number of amides is 1. The van der Waals surface area contributed by atoms with E-state index in [1.54, 1.807) is 24.3 Å². The Morgan fingerprint density at radius 3 is 2.55 bits per heavy atom. The van der Waals surface area contributed by atoms with Crippen molar-refractivity contribution in [2.24, 2.45) is 11.5 Å². The molecular weight excluding hydrogens is 278 g/mol. The molecule has 0 saturated carbocycles. The summed E-state index contributed by atoms with van der Waals surface area (Å²) in [6.45, 7) is 5.25. The van der Waals surface area contributed by atoms with Gasteiger partial charge in [-0.2, -0.15) is 0 Å². The molecule has 22 heavy (non-hydrogen) atoms. The molecule has 0 unspecified atom stereocenters. The SMILES string of the molecule is C=CC(=O)Nc1ccc(C(N)=C(C=N)CN(C)CCN)cc1. The van der Waals surface area contributed by atoms with Gasteiger partial charge in [-0.05, 0) is 30.8 Å². The molecule has 0 saturated heterocycles. The highest BCUT2D eigenvalue weighted by molar-refractivity contribution is 5.99. The maximum atomic E-state index is 11.2. The zero-order valence-corrected chi connectivity index (χ0v) is 12.8. The summed E-state index contributed by atoms with van der Waals surface area (Å²) in [7, 11) is 1.93. The van der Waals surface area contributed by atoms with Crippen molar-refractivity contribution in [3.63, 3.8) is 0 Å². The maximum Gasteiger partial charge on any atom is 0.247 e. The molecule has 0 bridgehead atoms. The topological polar surface area (TPSA) is 108 Å². The maximum absolute atomic E-state index is 11.2. The van der Waals surface area contributed by atoms with Gasteiger partial charge in [-0.1, -0.05) is 18.7 Å². The molecule has 1 rings (SSSR count). The first-order valence-electron chi connectivity index (χ1n) is 6.93. The zero-order valence-electron chi connectivity index (χ0n) is 12.8. The number of nitrogens with zero attached hydrogens (tertiary/aromatic N) is 1. The second-order valence-electron chi connectivity index (χ2n) is 4.88. The largest absolute Gasteiger partial charge is 0.398 e. The molecule has 0 spiro atoms. The Balaban J connectivity index is 2.91. The van der Waals surface area contributed by atoms with Gasteiger partial charge in [-0.3, -0.25) is 4.79 Å². The summed E-state index contributed by atoms with van der Waals surface area (Å²) < 4.78 is 0. The fraction of sp³-hybridized carbons (Fsp3) is 0.250. The Kier molecular flexibility index (Phi) is 7.01. The molecule has 0 aromatic heterocycles. The molecule has 6 heteroatoms. The van der Waals surface area contributed by atoms with Crippen LogP contribution in [0.1, 0.15) is 5.56 Å². The van der Waals surface area contributed by atoms with Crippen LogP contribution in [0, 0.1) is 5.41 Å². The van der Waals surface area contributed by atoms with Crippen LogP contribution in [-0.2, 0) is 4.79 Å². The summed E-state index contributed by atoms with van der Waals surface area (Å²) in [6, 6.07) is 7.13. The fourth-order valence-corrected chi connectivity index (χ4v) is 1.91. The lowest BCUT2D eigenvalue weighted by atomic mass is 10.1. The number of carbonyl (C=O) groups excluding carboxylic acids is 1. The highest BCUT2D eigenvalue weighted by atomic mass is 16.1. The van der Waals surface area contributed by atoms with Gasteiger partial charge in [0, 0.05) is 42.8 Å². The number of hydrogen-bond donors (Lipinski definition) is 4. The molecule has 0 aliphatic heterocycles. The van der Waals surface area contributed by atoms with Gasteiger partial charge in [0.2, 0.25) is 5.91 Å². The van der Waals surface area contributed by atoms with Crippen molar-refractivity contribution in [3.05, 3.63) is 48.1 Å². The van der Waals surface area contributed by atoms with Gasteiger partial charge in [0.25, 0.3) is 0 Å². The molecule has 118 valence electrons. The first-order chi connectivity index (χ1) is 10.5. The van der Waals surface area contributed by atoms with Gasteiger partial charge in [0.05, 0.1) is 0 Å². The Labute approximate surface area is 131 Å². The number of hydrogen-bond acceptors (Lipinski definition) is 5. The van der Waals surface area contributed by atoms with E-state index in [0.717, 1.165) is 17.7 Å². The fourth-order valence-electron chi connectivity index (χ4n) is 1.91. The van der Waals surface area contributed by atoms with Gasteiger partial charge in [-0.25, -0.2) is 0 Å². The van der Waals surface area contributed by atoms with Gasteiger partial charge >= 0.3 is 0 Å².